The summed E-state index contributed by atoms with van der Waals surface area (Å²) < 4.78 is 6.85. The molecule has 0 aliphatic carbocycles. The monoisotopic (exact) mass is 204 g/mol. The SMILES string of the molecule is CC(OC=O)c1cn(C)c2ncccc12. The molecule has 0 spiro atoms. The van der Waals surface area contributed by atoms with Gasteiger partial charge in [-0.3, -0.25) is 4.79 Å². The first-order valence-electron chi connectivity index (χ1n) is 4.73. The van der Waals surface area contributed by atoms with E-state index in [4.69, 9.17) is 4.74 Å². The first-order chi connectivity index (χ1) is 7.24. The van der Waals surface area contributed by atoms with Crippen molar-refractivity contribution in [3.63, 3.8) is 0 Å². The molecule has 0 N–H and O–H groups in total. The average molecular weight is 204 g/mol. The highest BCUT2D eigenvalue weighted by Crippen LogP contribution is 2.25. The number of carbonyl (C=O) groups is 1. The fourth-order valence-electron chi connectivity index (χ4n) is 1.72. The van der Waals surface area contributed by atoms with E-state index >= 15 is 0 Å². The second-order valence-corrected chi connectivity index (χ2v) is 3.44. The van der Waals surface area contributed by atoms with Crippen molar-refractivity contribution in [3.05, 3.63) is 30.1 Å². The van der Waals surface area contributed by atoms with Crippen LogP contribution in [0.3, 0.4) is 0 Å². The third-order valence-electron chi connectivity index (χ3n) is 2.46. The number of pyridine rings is 1. The van der Waals surface area contributed by atoms with E-state index in [9.17, 15) is 4.79 Å². The fraction of sp³-hybridized carbons (Fsp3) is 0.273. The van der Waals surface area contributed by atoms with Crippen molar-refractivity contribution in [3.8, 4) is 0 Å². The van der Waals surface area contributed by atoms with E-state index in [1.54, 1.807) is 6.20 Å². The molecule has 0 bridgehead atoms. The van der Waals surface area contributed by atoms with E-state index < -0.39 is 0 Å². The molecule has 0 aromatic carbocycles. The van der Waals surface area contributed by atoms with Crippen LogP contribution >= 0.6 is 0 Å². The molecule has 4 nitrogen and oxygen atoms in total. The average Bonchev–Trinajstić information content (AvgIpc) is 2.58. The summed E-state index contributed by atoms with van der Waals surface area (Å²) in [5.41, 5.74) is 1.88. The van der Waals surface area contributed by atoms with Crippen LogP contribution in [-0.4, -0.2) is 16.0 Å². The molecule has 0 aliphatic heterocycles. The van der Waals surface area contributed by atoms with Crippen LogP contribution in [0.5, 0.6) is 0 Å². The van der Waals surface area contributed by atoms with Crippen molar-refractivity contribution < 1.29 is 9.53 Å². The van der Waals surface area contributed by atoms with Gasteiger partial charge in [-0.25, -0.2) is 4.98 Å². The quantitative estimate of drug-likeness (QED) is 0.716. The Morgan fingerprint density at radius 2 is 2.40 bits per heavy atom. The molecule has 78 valence electrons. The van der Waals surface area contributed by atoms with E-state index in [1.165, 1.54) is 0 Å². The molecular formula is C11H12N2O2. The van der Waals surface area contributed by atoms with Gasteiger partial charge in [0.25, 0.3) is 6.47 Å². The second kappa shape index (κ2) is 3.73. The normalized spacial score (nSPS) is 12.7. The number of carbonyl (C=O) groups excluding carboxylic acids is 1. The molecule has 0 radical (unpaired) electrons. The van der Waals surface area contributed by atoms with Gasteiger partial charge in [-0.05, 0) is 19.1 Å². The highest BCUT2D eigenvalue weighted by atomic mass is 16.5. The van der Waals surface area contributed by atoms with Gasteiger partial charge >= 0.3 is 0 Å². The maximum Gasteiger partial charge on any atom is 0.293 e. The van der Waals surface area contributed by atoms with E-state index in [1.807, 2.05) is 36.9 Å². The van der Waals surface area contributed by atoms with Crippen molar-refractivity contribution in [1.82, 2.24) is 9.55 Å². The van der Waals surface area contributed by atoms with Crippen molar-refractivity contribution in [1.29, 1.82) is 0 Å². The highest BCUT2D eigenvalue weighted by Gasteiger charge is 2.13. The summed E-state index contributed by atoms with van der Waals surface area (Å²) >= 11 is 0. The maximum absolute atomic E-state index is 10.3. The summed E-state index contributed by atoms with van der Waals surface area (Å²) in [6.07, 6.45) is 3.44. The van der Waals surface area contributed by atoms with Gasteiger partial charge in [0.15, 0.2) is 0 Å². The van der Waals surface area contributed by atoms with Crippen molar-refractivity contribution in [2.45, 2.75) is 13.0 Å². The third-order valence-corrected chi connectivity index (χ3v) is 2.46. The summed E-state index contributed by atoms with van der Waals surface area (Å²) in [4.78, 5) is 14.5. The predicted molar refractivity (Wildman–Crippen MR) is 56.3 cm³/mol. The number of ether oxygens (including phenoxy) is 1. The predicted octanol–water partition coefficient (Wildman–Crippen LogP) is 1.81. The largest absolute Gasteiger partial charge is 0.460 e. The lowest BCUT2D eigenvalue weighted by Gasteiger charge is -2.07. The lowest BCUT2D eigenvalue weighted by molar-refractivity contribution is -0.133. The van der Waals surface area contributed by atoms with Crippen molar-refractivity contribution >= 4 is 17.5 Å². The number of rotatable bonds is 3. The summed E-state index contributed by atoms with van der Waals surface area (Å²) in [5, 5.41) is 1.02. The summed E-state index contributed by atoms with van der Waals surface area (Å²) in [6.45, 7) is 2.32. The molecule has 1 unspecified atom stereocenters. The number of aromatic nitrogens is 2. The molecular weight excluding hydrogens is 192 g/mol. The van der Waals surface area contributed by atoms with Crippen LogP contribution in [0.15, 0.2) is 24.5 Å². The Hall–Kier alpha value is -1.84. The number of fused-ring (bicyclic) bond motifs is 1. The molecule has 0 saturated carbocycles. The van der Waals surface area contributed by atoms with Crippen LogP contribution in [0.4, 0.5) is 0 Å². The third kappa shape index (κ3) is 1.58. The molecule has 2 aromatic heterocycles. The Labute approximate surface area is 87.5 Å². The standard InChI is InChI=1S/C11H12N2O2/c1-8(15-7-14)10-6-13(2)11-9(10)4-3-5-12-11/h3-8H,1-2H3. The zero-order valence-electron chi connectivity index (χ0n) is 8.68. The van der Waals surface area contributed by atoms with Crippen molar-refractivity contribution in [2.24, 2.45) is 7.05 Å². The number of hydrogen-bond acceptors (Lipinski definition) is 3. The van der Waals surface area contributed by atoms with E-state index in [0.717, 1.165) is 16.6 Å². The summed E-state index contributed by atoms with van der Waals surface area (Å²) in [6, 6.07) is 3.85. The van der Waals surface area contributed by atoms with Crippen LogP contribution in [0.2, 0.25) is 0 Å². The van der Waals surface area contributed by atoms with Crippen LogP contribution < -0.4 is 0 Å². The Morgan fingerprint density at radius 3 is 3.13 bits per heavy atom. The first kappa shape index (κ1) is 9.71. The topological polar surface area (TPSA) is 44.1 Å². The second-order valence-electron chi connectivity index (χ2n) is 3.44. The van der Waals surface area contributed by atoms with Gasteiger partial charge < -0.3 is 9.30 Å². The fourth-order valence-corrected chi connectivity index (χ4v) is 1.72. The van der Waals surface area contributed by atoms with Gasteiger partial charge in [-0.2, -0.15) is 0 Å². The Morgan fingerprint density at radius 1 is 1.60 bits per heavy atom. The molecule has 0 saturated heterocycles. The zero-order valence-corrected chi connectivity index (χ0v) is 8.68. The molecule has 0 amide bonds. The van der Waals surface area contributed by atoms with Gasteiger partial charge in [-0.15, -0.1) is 0 Å². The molecule has 1 atom stereocenters. The first-order valence-corrected chi connectivity index (χ1v) is 4.73. The zero-order chi connectivity index (χ0) is 10.8. The van der Waals surface area contributed by atoms with E-state index in [2.05, 4.69) is 4.98 Å². The van der Waals surface area contributed by atoms with Gasteiger partial charge in [0.05, 0.1) is 0 Å². The van der Waals surface area contributed by atoms with Crippen LogP contribution in [0.1, 0.15) is 18.6 Å². The Kier molecular flexibility index (Phi) is 2.41. The van der Waals surface area contributed by atoms with Crippen LogP contribution in [-0.2, 0) is 16.6 Å². The molecule has 15 heavy (non-hydrogen) atoms. The maximum atomic E-state index is 10.3. The minimum Gasteiger partial charge on any atom is -0.460 e. The molecule has 2 heterocycles. The van der Waals surface area contributed by atoms with E-state index in [-0.39, 0.29) is 6.10 Å². The number of aryl methyl sites for hydroxylation is 1. The smallest absolute Gasteiger partial charge is 0.293 e. The molecule has 2 aromatic rings. The lowest BCUT2D eigenvalue weighted by Crippen LogP contribution is -1.96. The minimum atomic E-state index is -0.240. The Bertz CT molecular complexity index is 490. The lowest BCUT2D eigenvalue weighted by atomic mass is 10.1. The van der Waals surface area contributed by atoms with Gasteiger partial charge in [0, 0.05) is 30.4 Å². The number of nitrogens with zero attached hydrogens (tertiary/aromatic N) is 2. The van der Waals surface area contributed by atoms with Crippen LogP contribution in [0.25, 0.3) is 11.0 Å². The van der Waals surface area contributed by atoms with Crippen molar-refractivity contribution in [2.75, 3.05) is 0 Å². The Balaban J connectivity index is 2.56. The summed E-state index contributed by atoms with van der Waals surface area (Å²) in [5.74, 6) is 0. The van der Waals surface area contributed by atoms with Crippen LogP contribution in [0, 0.1) is 0 Å². The minimum absolute atomic E-state index is 0.240. The molecule has 0 aliphatic rings. The highest BCUT2D eigenvalue weighted by molar-refractivity contribution is 5.80. The van der Waals surface area contributed by atoms with Gasteiger partial charge in [0.2, 0.25) is 0 Å². The van der Waals surface area contributed by atoms with Gasteiger partial charge in [-0.1, -0.05) is 0 Å². The molecule has 4 heteroatoms. The van der Waals surface area contributed by atoms with E-state index in [0.29, 0.717) is 6.47 Å². The molecule has 2 rings (SSSR count). The number of hydrogen-bond donors (Lipinski definition) is 0. The summed E-state index contributed by atoms with van der Waals surface area (Å²) in [7, 11) is 1.92. The van der Waals surface area contributed by atoms with Gasteiger partial charge in [0.1, 0.15) is 11.8 Å². The molecule has 0 fully saturated rings.